The molecule has 0 fully saturated rings. The number of aryl methyl sites for hydroxylation is 8. The van der Waals surface area contributed by atoms with Gasteiger partial charge in [-0.2, -0.15) is 0 Å². The van der Waals surface area contributed by atoms with Gasteiger partial charge >= 0.3 is 0 Å². The van der Waals surface area contributed by atoms with Gasteiger partial charge in [-0.15, -0.1) is 0 Å². The molecule has 0 radical (unpaired) electrons. The number of benzene rings is 7. The van der Waals surface area contributed by atoms with Crippen LogP contribution in [0.1, 0.15) is 108 Å². The first kappa shape index (κ1) is 37.4. The monoisotopic (exact) mass is 746 g/mol. The van der Waals surface area contributed by atoms with Gasteiger partial charge in [-0.25, -0.2) is 0 Å². The summed E-state index contributed by atoms with van der Waals surface area (Å²) in [5, 5.41) is 8.12. The Morgan fingerprint density at radius 3 is 1.26 bits per heavy atom. The van der Waals surface area contributed by atoms with Gasteiger partial charge in [0.2, 0.25) is 0 Å². The van der Waals surface area contributed by atoms with Gasteiger partial charge < -0.3 is 4.42 Å². The van der Waals surface area contributed by atoms with Crippen LogP contribution in [0.3, 0.4) is 0 Å². The summed E-state index contributed by atoms with van der Waals surface area (Å²) in [5.74, 6) is 0. The zero-order chi connectivity index (χ0) is 41.1. The zero-order valence-electron chi connectivity index (χ0n) is 37.4. The Labute approximate surface area is 340 Å². The normalized spacial score (nSPS) is 13.5. The van der Waals surface area contributed by atoms with Crippen LogP contribution in [-0.2, 0) is 5.41 Å². The predicted octanol–water partition coefficient (Wildman–Crippen LogP) is 16.2. The first-order valence-corrected chi connectivity index (χ1v) is 21.0. The molecule has 8 aromatic rings. The van der Waals surface area contributed by atoms with E-state index in [-0.39, 0.29) is 5.41 Å². The van der Waals surface area contributed by atoms with E-state index in [1.165, 1.54) is 160 Å². The average Bonchev–Trinajstić information content (AvgIpc) is 3.71. The second-order valence-electron chi connectivity index (χ2n) is 18.4. The summed E-state index contributed by atoms with van der Waals surface area (Å²) in [6.07, 6.45) is 0. The molecule has 1 aromatic heterocycles. The number of furan rings is 1. The van der Waals surface area contributed by atoms with E-state index >= 15 is 0 Å². The van der Waals surface area contributed by atoms with Crippen molar-refractivity contribution in [2.24, 2.45) is 0 Å². The third kappa shape index (κ3) is 4.58. The molecule has 9 rings (SSSR count). The molecular weight excluding hydrogens is 689 g/mol. The summed E-state index contributed by atoms with van der Waals surface area (Å²) in [6.45, 7) is 39.8. The molecule has 1 heterocycles. The van der Waals surface area contributed by atoms with Crippen molar-refractivity contribution in [1.82, 2.24) is 0 Å². The minimum absolute atomic E-state index is 0.0929. The molecule has 0 spiro atoms. The number of fused-ring (bicyclic) bond motifs is 8. The first-order chi connectivity index (χ1) is 26.8. The topological polar surface area (TPSA) is 13.1 Å². The minimum Gasteiger partial charge on any atom is -0.455 e. The van der Waals surface area contributed by atoms with E-state index in [1.807, 2.05) is 0 Å². The van der Waals surface area contributed by atoms with Crippen molar-refractivity contribution in [3.05, 3.63) is 137 Å². The van der Waals surface area contributed by atoms with Crippen LogP contribution in [0, 0.1) is 104 Å². The highest BCUT2D eigenvalue weighted by Gasteiger charge is 2.36. The van der Waals surface area contributed by atoms with E-state index in [9.17, 15) is 0 Å². The van der Waals surface area contributed by atoms with E-state index in [4.69, 9.17) is 4.42 Å². The van der Waals surface area contributed by atoms with Crippen molar-refractivity contribution in [3.8, 4) is 33.4 Å². The molecule has 1 aliphatic carbocycles. The molecule has 7 aromatic carbocycles. The summed E-state index contributed by atoms with van der Waals surface area (Å²) < 4.78 is 6.97. The molecule has 0 saturated heterocycles. The minimum atomic E-state index is -0.0929. The Morgan fingerprint density at radius 2 is 0.737 bits per heavy atom. The molecule has 1 heteroatoms. The van der Waals surface area contributed by atoms with Crippen LogP contribution in [0.15, 0.2) is 46.9 Å². The molecule has 0 saturated carbocycles. The molecular formula is C56H58O. The Balaban J connectivity index is 1.55. The highest BCUT2D eigenvalue weighted by atomic mass is 16.3. The summed E-state index contributed by atoms with van der Waals surface area (Å²) in [7, 11) is 0. The van der Waals surface area contributed by atoms with Crippen LogP contribution in [0.25, 0.3) is 76.9 Å². The summed E-state index contributed by atoms with van der Waals surface area (Å²) in [5.41, 5.74) is 33.1. The standard InChI is InChI=1S/C56H58O/c1-25-27(3)33(9)48-46(31(25)7)52(40-22-23-42-41-20-18-19-21-43(41)56(16,17)44(42)24-40)47-32(8)26(2)28(4)34(10)49(47)53(48)45-36(12)38(14)55-51(39(45)15)50-35(11)29(5)30(6)37(13)54(50)57-55/h18-24H,1-17H3. The quantitative estimate of drug-likeness (QED) is 0.161. The van der Waals surface area contributed by atoms with E-state index < -0.39 is 0 Å². The third-order valence-electron chi connectivity index (χ3n) is 15.8. The Hall–Kier alpha value is -5.14. The van der Waals surface area contributed by atoms with Gasteiger partial charge in [-0.3, -0.25) is 0 Å². The van der Waals surface area contributed by atoms with Crippen LogP contribution in [0.4, 0.5) is 0 Å². The molecule has 1 nitrogen and oxygen atoms in total. The lowest BCUT2D eigenvalue weighted by molar-refractivity contribution is 0.660. The van der Waals surface area contributed by atoms with Crippen molar-refractivity contribution in [2.75, 3.05) is 0 Å². The molecule has 288 valence electrons. The summed E-state index contributed by atoms with van der Waals surface area (Å²) in [4.78, 5) is 0. The number of hydrogen-bond acceptors (Lipinski definition) is 1. The lowest BCUT2D eigenvalue weighted by Gasteiger charge is -2.29. The smallest absolute Gasteiger partial charge is 0.138 e. The molecule has 0 bridgehead atoms. The fraction of sp³-hybridized carbons (Fsp3) is 0.321. The Bertz CT molecular complexity index is 3090. The third-order valence-corrected chi connectivity index (χ3v) is 15.8. The van der Waals surface area contributed by atoms with Crippen molar-refractivity contribution in [1.29, 1.82) is 0 Å². The van der Waals surface area contributed by atoms with Gasteiger partial charge in [0, 0.05) is 16.2 Å². The van der Waals surface area contributed by atoms with Crippen LogP contribution < -0.4 is 0 Å². The molecule has 0 atom stereocenters. The Kier molecular flexibility index (Phi) is 8.00. The second kappa shape index (κ2) is 12.2. The van der Waals surface area contributed by atoms with Gasteiger partial charge in [0.15, 0.2) is 0 Å². The molecule has 0 N–H and O–H groups in total. The first-order valence-electron chi connectivity index (χ1n) is 21.0. The molecule has 57 heavy (non-hydrogen) atoms. The predicted molar refractivity (Wildman–Crippen MR) is 248 cm³/mol. The zero-order valence-corrected chi connectivity index (χ0v) is 37.4. The maximum Gasteiger partial charge on any atom is 0.138 e. The van der Waals surface area contributed by atoms with Gasteiger partial charge in [0.25, 0.3) is 0 Å². The highest BCUT2D eigenvalue weighted by Crippen LogP contribution is 2.55. The highest BCUT2D eigenvalue weighted by molar-refractivity contribution is 6.27. The maximum atomic E-state index is 6.97. The van der Waals surface area contributed by atoms with Gasteiger partial charge in [0.05, 0.1) is 0 Å². The second-order valence-corrected chi connectivity index (χ2v) is 18.4. The van der Waals surface area contributed by atoms with Crippen LogP contribution >= 0.6 is 0 Å². The van der Waals surface area contributed by atoms with E-state index in [1.54, 1.807) is 0 Å². The SMILES string of the molecule is Cc1c(C)c(C)c2c(oc3c(C)c(C)c(-c4c5c(C)c(C)c(C)c(C)c5c(-c5ccc6c(c5)C(C)(C)c5ccccc5-6)c5c(C)c(C)c(C)c(C)c45)c(C)c32)c1C. The van der Waals surface area contributed by atoms with Crippen LogP contribution in [0.2, 0.25) is 0 Å². The summed E-state index contributed by atoms with van der Waals surface area (Å²) >= 11 is 0. The Morgan fingerprint density at radius 1 is 0.333 bits per heavy atom. The van der Waals surface area contributed by atoms with E-state index in [0.717, 1.165) is 11.2 Å². The van der Waals surface area contributed by atoms with E-state index in [2.05, 4.69) is 160 Å². The fourth-order valence-corrected chi connectivity index (χ4v) is 11.3. The van der Waals surface area contributed by atoms with Crippen LogP contribution in [0.5, 0.6) is 0 Å². The largest absolute Gasteiger partial charge is 0.455 e. The van der Waals surface area contributed by atoms with Crippen molar-refractivity contribution >= 4 is 43.5 Å². The van der Waals surface area contributed by atoms with Gasteiger partial charge in [-0.1, -0.05) is 50.2 Å². The van der Waals surface area contributed by atoms with Crippen LogP contribution in [-0.4, -0.2) is 0 Å². The van der Waals surface area contributed by atoms with Crippen molar-refractivity contribution < 1.29 is 4.42 Å². The summed E-state index contributed by atoms with van der Waals surface area (Å²) in [6, 6.07) is 16.4. The maximum absolute atomic E-state index is 6.97. The van der Waals surface area contributed by atoms with Gasteiger partial charge in [0.1, 0.15) is 11.2 Å². The van der Waals surface area contributed by atoms with Crippen molar-refractivity contribution in [3.63, 3.8) is 0 Å². The number of rotatable bonds is 2. The number of hydrogen-bond donors (Lipinski definition) is 0. The van der Waals surface area contributed by atoms with E-state index in [0.29, 0.717) is 0 Å². The van der Waals surface area contributed by atoms with Crippen molar-refractivity contribution in [2.45, 2.75) is 123 Å². The average molecular weight is 747 g/mol. The molecule has 0 aliphatic heterocycles. The molecule has 0 unspecified atom stereocenters. The lowest BCUT2D eigenvalue weighted by Crippen LogP contribution is -2.15. The molecule has 0 amide bonds. The molecule has 1 aliphatic rings. The fourth-order valence-electron chi connectivity index (χ4n) is 11.3. The van der Waals surface area contributed by atoms with Gasteiger partial charge in [-0.05, 0) is 259 Å². The lowest BCUT2D eigenvalue weighted by atomic mass is 9.74.